The Labute approximate surface area is 112 Å². The van der Waals surface area contributed by atoms with Crippen molar-refractivity contribution in [3.63, 3.8) is 0 Å². The Hall–Kier alpha value is -0.730. The lowest BCUT2D eigenvalue weighted by Crippen LogP contribution is -2.42. The minimum Gasteiger partial charge on any atom is -0.356 e. The highest BCUT2D eigenvalue weighted by molar-refractivity contribution is 5.80. The first-order valence-electron chi connectivity index (χ1n) is 7.61. The zero-order chi connectivity index (χ0) is 13.0. The second-order valence-corrected chi connectivity index (χ2v) is 6.55. The normalized spacial score (nSPS) is 24.0. The summed E-state index contributed by atoms with van der Waals surface area (Å²) in [5, 5.41) is 3.51. The van der Waals surface area contributed by atoms with Gasteiger partial charge in [0.2, 0.25) is 0 Å². The maximum Gasteiger partial charge on any atom is 0.193 e. The Bertz CT molecular complexity index is 290. The quantitative estimate of drug-likeness (QED) is 0.603. The Balaban J connectivity index is 1.90. The smallest absolute Gasteiger partial charge is 0.193 e. The molecule has 0 bridgehead atoms. The number of hydrogen-bond donors (Lipinski definition) is 1. The molecule has 1 heterocycles. The lowest BCUT2D eigenvalue weighted by molar-refractivity contribution is 0.203. The predicted octanol–water partition coefficient (Wildman–Crippen LogP) is 2.87. The fraction of sp³-hybridized carbons (Fsp3) is 0.933. The highest BCUT2D eigenvalue weighted by Crippen LogP contribution is 2.43. The van der Waals surface area contributed by atoms with Gasteiger partial charge in [0.05, 0.1) is 0 Å². The Morgan fingerprint density at radius 2 is 1.94 bits per heavy atom. The highest BCUT2D eigenvalue weighted by atomic mass is 15.3. The van der Waals surface area contributed by atoms with Crippen molar-refractivity contribution in [2.75, 3.05) is 26.7 Å². The molecule has 1 aliphatic carbocycles. The Morgan fingerprint density at radius 3 is 2.56 bits per heavy atom. The van der Waals surface area contributed by atoms with E-state index in [0.29, 0.717) is 11.3 Å². The van der Waals surface area contributed by atoms with Gasteiger partial charge in [-0.25, -0.2) is 0 Å². The summed E-state index contributed by atoms with van der Waals surface area (Å²) < 4.78 is 0. The van der Waals surface area contributed by atoms with Crippen molar-refractivity contribution >= 4 is 5.96 Å². The molecule has 3 heteroatoms. The minimum atomic E-state index is 0.619. The van der Waals surface area contributed by atoms with E-state index in [9.17, 15) is 0 Å². The summed E-state index contributed by atoms with van der Waals surface area (Å²) in [6.07, 6.45) is 8.56. The van der Waals surface area contributed by atoms with Gasteiger partial charge in [-0.05, 0) is 30.6 Å². The molecular formula is C15H29N3. The molecule has 0 aromatic heterocycles. The lowest BCUT2D eigenvalue weighted by Gasteiger charge is -2.33. The van der Waals surface area contributed by atoms with Crippen LogP contribution in [-0.4, -0.2) is 37.5 Å². The third-order valence-electron chi connectivity index (χ3n) is 4.53. The van der Waals surface area contributed by atoms with Crippen molar-refractivity contribution in [1.29, 1.82) is 0 Å². The van der Waals surface area contributed by atoms with Gasteiger partial charge in [-0.3, -0.25) is 4.99 Å². The summed E-state index contributed by atoms with van der Waals surface area (Å²) in [6.45, 7) is 7.93. The average Bonchev–Trinajstić information content (AvgIpc) is 2.74. The molecule has 0 aromatic rings. The van der Waals surface area contributed by atoms with Crippen molar-refractivity contribution in [3.8, 4) is 0 Å². The molecule has 1 saturated carbocycles. The van der Waals surface area contributed by atoms with E-state index in [1.165, 1.54) is 51.6 Å². The molecule has 2 aliphatic rings. The van der Waals surface area contributed by atoms with Gasteiger partial charge < -0.3 is 10.2 Å². The van der Waals surface area contributed by atoms with Gasteiger partial charge in [0.15, 0.2) is 5.96 Å². The van der Waals surface area contributed by atoms with Crippen molar-refractivity contribution < 1.29 is 0 Å². The third kappa shape index (κ3) is 3.18. The van der Waals surface area contributed by atoms with Crippen molar-refractivity contribution in [1.82, 2.24) is 10.2 Å². The molecule has 0 atom stereocenters. The number of guanidine groups is 1. The van der Waals surface area contributed by atoms with Gasteiger partial charge in [0.25, 0.3) is 0 Å². The van der Waals surface area contributed by atoms with Crippen LogP contribution in [0.5, 0.6) is 0 Å². The number of rotatable bonds is 2. The fourth-order valence-electron chi connectivity index (χ4n) is 3.45. The van der Waals surface area contributed by atoms with Crippen LogP contribution >= 0.6 is 0 Å². The summed E-state index contributed by atoms with van der Waals surface area (Å²) in [4.78, 5) is 6.93. The second-order valence-electron chi connectivity index (χ2n) is 6.55. The number of nitrogens with zero attached hydrogens (tertiary/aromatic N) is 2. The van der Waals surface area contributed by atoms with Crippen molar-refractivity contribution in [2.45, 2.75) is 52.4 Å². The summed E-state index contributed by atoms with van der Waals surface area (Å²) >= 11 is 0. The molecule has 1 N–H and O–H groups in total. The zero-order valence-corrected chi connectivity index (χ0v) is 12.3. The van der Waals surface area contributed by atoms with Gasteiger partial charge in [-0.2, -0.15) is 0 Å². The minimum absolute atomic E-state index is 0.619. The first-order valence-corrected chi connectivity index (χ1v) is 7.61. The molecule has 0 aromatic carbocycles. The van der Waals surface area contributed by atoms with E-state index < -0.39 is 0 Å². The molecule has 1 saturated heterocycles. The van der Waals surface area contributed by atoms with Crippen LogP contribution < -0.4 is 5.32 Å². The van der Waals surface area contributed by atoms with Gasteiger partial charge in [0, 0.05) is 26.7 Å². The van der Waals surface area contributed by atoms with Gasteiger partial charge in [-0.15, -0.1) is 0 Å². The van der Waals surface area contributed by atoms with E-state index in [0.717, 1.165) is 12.5 Å². The fourth-order valence-corrected chi connectivity index (χ4v) is 3.45. The molecule has 0 amide bonds. The van der Waals surface area contributed by atoms with Crippen LogP contribution in [0.3, 0.4) is 0 Å². The first-order chi connectivity index (χ1) is 8.65. The van der Waals surface area contributed by atoms with Crippen LogP contribution in [0.4, 0.5) is 0 Å². The largest absolute Gasteiger partial charge is 0.356 e. The Morgan fingerprint density at radius 1 is 1.22 bits per heavy atom. The van der Waals surface area contributed by atoms with Gasteiger partial charge >= 0.3 is 0 Å². The molecule has 3 nitrogen and oxygen atoms in total. The highest BCUT2D eigenvalue weighted by Gasteiger charge is 2.39. The Kier molecular flexibility index (Phi) is 4.52. The van der Waals surface area contributed by atoms with E-state index in [1.54, 1.807) is 0 Å². The van der Waals surface area contributed by atoms with E-state index >= 15 is 0 Å². The maximum atomic E-state index is 4.45. The van der Waals surface area contributed by atoms with Crippen molar-refractivity contribution in [2.24, 2.45) is 16.3 Å². The van der Waals surface area contributed by atoms with Crippen LogP contribution in [0, 0.1) is 11.3 Å². The molecular weight excluding hydrogens is 222 g/mol. The first kappa shape index (κ1) is 13.7. The predicted molar refractivity (Wildman–Crippen MR) is 77.9 cm³/mol. The van der Waals surface area contributed by atoms with Crippen LogP contribution in [0.2, 0.25) is 0 Å². The topological polar surface area (TPSA) is 27.6 Å². The van der Waals surface area contributed by atoms with E-state index in [4.69, 9.17) is 0 Å². The van der Waals surface area contributed by atoms with Gasteiger partial charge in [0.1, 0.15) is 0 Å². The lowest BCUT2D eigenvalue weighted by atomic mass is 9.73. The molecule has 104 valence electrons. The number of hydrogen-bond acceptors (Lipinski definition) is 1. The molecule has 0 radical (unpaired) electrons. The number of nitrogens with one attached hydrogen (secondary N) is 1. The standard InChI is InChI=1S/C15H29N3/c1-13(2)11-17-14(16-3)18-10-9-15(12-18)7-5-4-6-8-15/h13H,4-12H2,1-3H3,(H,16,17). The molecule has 2 rings (SSSR count). The van der Waals surface area contributed by atoms with Gasteiger partial charge in [-0.1, -0.05) is 33.1 Å². The SMILES string of the molecule is CN=C(NCC(C)C)N1CCC2(CCCCC2)C1. The van der Waals surface area contributed by atoms with Crippen LogP contribution in [0.15, 0.2) is 4.99 Å². The average molecular weight is 251 g/mol. The maximum absolute atomic E-state index is 4.45. The third-order valence-corrected chi connectivity index (χ3v) is 4.53. The van der Waals surface area contributed by atoms with E-state index in [2.05, 4.69) is 29.1 Å². The van der Waals surface area contributed by atoms with E-state index in [-0.39, 0.29) is 0 Å². The number of likely N-dealkylation sites (tertiary alicyclic amines) is 1. The van der Waals surface area contributed by atoms with Crippen molar-refractivity contribution in [3.05, 3.63) is 0 Å². The summed E-state index contributed by atoms with van der Waals surface area (Å²) in [5.74, 6) is 1.79. The van der Waals surface area contributed by atoms with Crippen LogP contribution in [-0.2, 0) is 0 Å². The number of aliphatic imine (C=N–C) groups is 1. The zero-order valence-electron chi connectivity index (χ0n) is 12.3. The van der Waals surface area contributed by atoms with E-state index in [1.807, 2.05) is 7.05 Å². The molecule has 1 spiro atoms. The molecule has 18 heavy (non-hydrogen) atoms. The second kappa shape index (κ2) is 5.94. The summed E-state index contributed by atoms with van der Waals surface area (Å²) in [6, 6.07) is 0. The summed E-state index contributed by atoms with van der Waals surface area (Å²) in [7, 11) is 1.91. The molecule has 1 aliphatic heterocycles. The molecule has 0 unspecified atom stereocenters. The van der Waals surface area contributed by atoms with Crippen LogP contribution in [0.25, 0.3) is 0 Å². The monoisotopic (exact) mass is 251 g/mol. The van der Waals surface area contributed by atoms with Crippen LogP contribution in [0.1, 0.15) is 52.4 Å². The summed E-state index contributed by atoms with van der Waals surface area (Å²) in [5.41, 5.74) is 0.619. The molecule has 2 fully saturated rings.